The first-order chi connectivity index (χ1) is 9.85. The Hall–Kier alpha value is -1.97. The maximum absolute atomic E-state index is 11.7. The third kappa shape index (κ3) is 6.34. The number of pyridine rings is 1. The van der Waals surface area contributed by atoms with E-state index in [4.69, 9.17) is 4.74 Å². The van der Waals surface area contributed by atoms with Gasteiger partial charge in [-0.1, -0.05) is 13.3 Å². The second kappa shape index (κ2) is 7.72. The maximum atomic E-state index is 11.7. The van der Waals surface area contributed by atoms with Gasteiger partial charge in [-0.05, 0) is 51.8 Å². The number of esters is 1. The molecule has 0 bridgehead atoms. The molecule has 1 aromatic rings. The van der Waals surface area contributed by atoms with E-state index in [0.29, 0.717) is 11.3 Å². The van der Waals surface area contributed by atoms with Crippen LogP contribution in [-0.2, 0) is 16.0 Å². The normalized spacial score (nSPS) is 11.6. The van der Waals surface area contributed by atoms with E-state index < -0.39 is 11.6 Å². The van der Waals surface area contributed by atoms with Crippen molar-refractivity contribution < 1.29 is 14.3 Å². The van der Waals surface area contributed by atoms with E-state index in [2.05, 4.69) is 11.9 Å². The third-order valence-electron chi connectivity index (χ3n) is 2.71. The Morgan fingerprint density at radius 2 is 2.05 bits per heavy atom. The van der Waals surface area contributed by atoms with Gasteiger partial charge in [-0.2, -0.15) is 0 Å². The molecule has 0 unspecified atom stereocenters. The summed E-state index contributed by atoms with van der Waals surface area (Å²) in [5, 5.41) is 0. The van der Waals surface area contributed by atoms with Crippen molar-refractivity contribution in [1.82, 2.24) is 4.98 Å². The summed E-state index contributed by atoms with van der Waals surface area (Å²) in [6, 6.07) is 3.59. The van der Waals surface area contributed by atoms with Gasteiger partial charge < -0.3 is 4.74 Å². The molecule has 0 N–H and O–H groups in total. The van der Waals surface area contributed by atoms with Crippen LogP contribution in [0.5, 0.6) is 0 Å². The lowest BCUT2D eigenvalue weighted by molar-refractivity contribution is -0.148. The van der Waals surface area contributed by atoms with Gasteiger partial charge in [0, 0.05) is 17.3 Å². The predicted octanol–water partition coefficient (Wildman–Crippen LogP) is 3.59. The van der Waals surface area contributed by atoms with Gasteiger partial charge in [0.25, 0.3) is 0 Å². The Kier molecular flexibility index (Phi) is 6.28. The number of aldehydes is 1. The molecule has 0 spiro atoms. The van der Waals surface area contributed by atoms with Crippen molar-refractivity contribution in [2.45, 2.75) is 52.6 Å². The minimum atomic E-state index is -0.536. The van der Waals surface area contributed by atoms with Crippen molar-refractivity contribution in [2.75, 3.05) is 0 Å². The molecule has 0 radical (unpaired) electrons. The average molecular weight is 289 g/mol. The highest BCUT2D eigenvalue weighted by Gasteiger charge is 2.14. The molecule has 0 saturated carbocycles. The van der Waals surface area contributed by atoms with Crippen molar-refractivity contribution in [2.24, 2.45) is 0 Å². The van der Waals surface area contributed by atoms with Crippen LogP contribution in [0.25, 0.3) is 6.08 Å². The van der Waals surface area contributed by atoms with Gasteiger partial charge in [0.15, 0.2) is 6.29 Å². The lowest BCUT2D eigenvalue weighted by atomic mass is 10.1. The van der Waals surface area contributed by atoms with Crippen LogP contribution in [0, 0.1) is 0 Å². The fourth-order valence-corrected chi connectivity index (χ4v) is 1.74. The molecular formula is C17H23NO3. The van der Waals surface area contributed by atoms with E-state index in [0.717, 1.165) is 31.2 Å². The van der Waals surface area contributed by atoms with Crippen LogP contribution in [0.1, 0.15) is 62.3 Å². The van der Waals surface area contributed by atoms with Crippen LogP contribution in [0.3, 0.4) is 0 Å². The van der Waals surface area contributed by atoms with Crippen LogP contribution >= 0.6 is 0 Å². The van der Waals surface area contributed by atoms with Crippen molar-refractivity contribution in [1.29, 1.82) is 0 Å². The molecule has 0 aliphatic carbocycles. The summed E-state index contributed by atoms with van der Waals surface area (Å²) in [5.41, 5.74) is 1.36. The molecule has 114 valence electrons. The van der Waals surface area contributed by atoms with Crippen LogP contribution < -0.4 is 0 Å². The van der Waals surface area contributed by atoms with Crippen LogP contribution in [-0.4, -0.2) is 22.8 Å². The van der Waals surface area contributed by atoms with E-state index in [-0.39, 0.29) is 0 Å². The summed E-state index contributed by atoms with van der Waals surface area (Å²) >= 11 is 0. The number of nitrogens with zero attached hydrogens (tertiary/aromatic N) is 1. The number of aryl methyl sites for hydroxylation is 1. The van der Waals surface area contributed by atoms with Gasteiger partial charge in [0.2, 0.25) is 0 Å². The number of carbonyl (C=O) groups is 2. The van der Waals surface area contributed by atoms with Crippen molar-refractivity contribution in [3.63, 3.8) is 0 Å². The summed E-state index contributed by atoms with van der Waals surface area (Å²) in [7, 11) is 0. The second-order valence-corrected chi connectivity index (χ2v) is 5.87. The third-order valence-corrected chi connectivity index (χ3v) is 2.71. The molecule has 0 amide bonds. The van der Waals surface area contributed by atoms with E-state index >= 15 is 0 Å². The Labute approximate surface area is 126 Å². The van der Waals surface area contributed by atoms with Crippen LogP contribution in [0.2, 0.25) is 0 Å². The summed E-state index contributed by atoms with van der Waals surface area (Å²) in [6.45, 7) is 7.53. The lowest BCUT2D eigenvalue weighted by Crippen LogP contribution is -2.22. The minimum Gasteiger partial charge on any atom is -0.457 e. The molecule has 0 saturated heterocycles. The fraction of sp³-hybridized carbons (Fsp3) is 0.471. The van der Waals surface area contributed by atoms with Gasteiger partial charge >= 0.3 is 5.97 Å². The standard InChI is InChI=1S/C17H23NO3/c1-5-6-7-14-9-8-13(12-19)15(18-14)10-11-16(20)21-17(2,3)4/h8-12H,5-7H2,1-4H3/b11-10+. The minimum absolute atomic E-state index is 0.444. The van der Waals surface area contributed by atoms with Crippen molar-refractivity contribution in [3.05, 3.63) is 35.2 Å². The lowest BCUT2D eigenvalue weighted by Gasteiger charge is -2.17. The highest BCUT2D eigenvalue weighted by molar-refractivity contribution is 5.89. The molecule has 0 aromatic carbocycles. The fourth-order valence-electron chi connectivity index (χ4n) is 1.74. The Bertz CT molecular complexity index is 527. The molecular weight excluding hydrogens is 266 g/mol. The summed E-state index contributed by atoms with van der Waals surface area (Å²) in [5.74, 6) is -0.444. The number of hydrogen-bond donors (Lipinski definition) is 0. The summed E-state index contributed by atoms with van der Waals surface area (Å²) in [6.07, 6.45) is 6.58. The first-order valence-electron chi connectivity index (χ1n) is 7.22. The topological polar surface area (TPSA) is 56.3 Å². The smallest absolute Gasteiger partial charge is 0.331 e. The van der Waals surface area contributed by atoms with Crippen molar-refractivity contribution >= 4 is 18.3 Å². The molecule has 4 nitrogen and oxygen atoms in total. The first-order valence-corrected chi connectivity index (χ1v) is 7.22. The van der Waals surface area contributed by atoms with Gasteiger partial charge in [-0.15, -0.1) is 0 Å². The Balaban J connectivity index is 2.89. The first kappa shape index (κ1) is 17.1. The quantitative estimate of drug-likeness (QED) is 0.456. The predicted molar refractivity (Wildman–Crippen MR) is 83.1 cm³/mol. The zero-order valence-electron chi connectivity index (χ0n) is 13.2. The number of hydrogen-bond acceptors (Lipinski definition) is 4. The van der Waals surface area contributed by atoms with E-state index in [1.54, 1.807) is 26.8 Å². The second-order valence-electron chi connectivity index (χ2n) is 5.87. The highest BCUT2D eigenvalue weighted by Crippen LogP contribution is 2.12. The highest BCUT2D eigenvalue weighted by atomic mass is 16.6. The zero-order chi connectivity index (χ0) is 15.9. The van der Waals surface area contributed by atoms with E-state index in [1.807, 2.05) is 6.07 Å². The van der Waals surface area contributed by atoms with Gasteiger partial charge in [-0.3, -0.25) is 9.78 Å². The molecule has 0 aliphatic heterocycles. The largest absolute Gasteiger partial charge is 0.457 e. The summed E-state index contributed by atoms with van der Waals surface area (Å²) < 4.78 is 5.19. The van der Waals surface area contributed by atoms with E-state index in [9.17, 15) is 9.59 Å². The zero-order valence-corrected chi connectivity index (χ0v) is 13.2. The Morgan fingerprint density at radius 3 is 2.62 bits per heavy atom. The molecule has 21 heavy (non-hydrogen) atoms. The van der Waals surface area contributed by atoms with Gasteiger partial charge in [0.1, 0.15) is 5.60 Å². The maximum Gasteiger partial charge on any atom is 0.331 e. The number of unbranched alkanes of at least 4 members (excludes halogenated alkanes) is 1. The summed E-state index contributed by atoms with van der Waals surface area (Å²) in [4.78, 5) is 27.1. The molecule has 4 heteroatoms. The molecule has 0 atom stereocenters. The van der Waals surface area contributed by atoms with Gasteiger partial charge in [0.05, 0.1) is 5.69 Å². The molecule has 0 aliphatic rings. The van der Waals surface area contributed by atoms with Crippen LogP contribution in [0.15, 0.2) is 18.2 Å². The molecule has 1 aromatic heterocycles. The number of ether oxygens (including phenoxy) is 1. The molecule has 1 rings (SSSR count). The molecule has 0 fully saturated rings. The number of carbonyl (C=O) groups excluding carboxylic acids is 2. The van der Waals surface area contributed by atoms with Gasteiger partial charge in [-0.25, -0.2) is 4.79 Å². The number of rotatable bonds is 6. The SMILES string of the molecule is CCCCc1ccc(C=O)c(/C=C/C(=O)OC(C)(C)C)n1. The average Bonchev–Trinajstić information content (AvgIpc) is 2.41. The van der Waals surface area contributed by atoms with Crippen molar-refractivity contribution in [3.8, 4) is 0 Å². The van der Waals surface area contributed by atoms with Crippen LogP contribution in [0.4, 0.5) is 0 Å². The Morgan fingerprint density at radius 1 is 1.33 bits per heavy atom. The van der Waals surface area contributed by atoms with E-state index in [1.165, 1.54) is 12.2 Å². The monoisotopic (exact) mass is 289 g/mol. The number of aromatic nitrogens is 1. The molecule has 1 heterocycles.